The maximum absolute atomic E-state index is 11.9. The SMILES string of the molecule is CC(C)(C)NC(=O)NC1CCCC[C@H]1NCCCN. The highest BCUT2D eigenvalue weighted by atomic mass is 16.2. The molecule has 1 aliphatic carbocycles. The molecule has 5 N–H and O–H groups in total. The number of hydrogen-bond acceptors (Lipinski definition) is 3. The van der Waals surface area contributed by atoms with Crippen LogP contribution in [0.4, 0.5) is 4.79 Å². The lowest BCUT2D eigenvalue weighted by Crippen LogP contribution is -2.56. The average Bonchev–Trinajstić information content (AvgIpc) is 2.29. The predicted octanol–water partition coefficient (Wildman–Crippen LogP) is 1.33. The van der Waals surface area contributed by atoms with Crippen LogP contribution in [-0.4, -0.2) is 36.7 Å². The summed E-state index contributed by atoms with van der Waals surface area (Å²) in [4.78, 5) is 11.9. The number of amides is 2. The zero-order chi connectivity index (χ0) is 14.3. The molecule has 0 heterocycles. The summed E-state index contributed by atoms with van der Waals surface area (Å²) in [5, 5.41) is 9.58. The van der Waals surface area contributed by atoms with Crippen LogP contribution >= 0.6 is 0 Å². The molecule has 1 rings (SSSR count). The number of rotatable bonds is 5. The number of nitrogens with one attached hydrogen (secondary N) is 3. The highest BCUT2D eigenvalue weighted by Crippen LogP contribution is 2.18. The molecule has 0 aliphatic heterocycles. The average molecular weight is 270 g/mol. The summed E-state index contributed by atoms with van der Waals surface area (Å²) >= 11 is 0. The quantitative estimate of drug-likeness (QED) is 0.569. The largest absolute Gasteiger partial charge is 0.334 e. The van der Waals surface area contributed by atoms with Crippen molar-refractivity contribution in [2.45, 2.75) is 70.5 Å². The summed E-state index contributed by atoms with van der Waals surface area (Å²) in [7, 11) is 0. The van der Waals surface area contributed by atoms with Gasteiger partial charge in [-0.2, -0.15) is 0 Å². The third-order valence-corrected chi connectivity index (χ3v) is 3.36. The Balaban J connectivity index is 2.41. The molecule has 0 aromatic heterocycles. The van der Waals surface area contributed by atoms with E-state index in [0.29, 0.717) is 12.6 Å². The first-order chi connectivity index (χ1) is 8.92. The molecule has 19 heavy (non-hydrogen) atoms. The molecule has 1 aliphatic rings. The van der Waals surface area contributed by atoms with Crippen molar-refractivity contribution in [2.24, 2.45) is 5.73 Å². The van der Waals surface area contributed by atoms with E-state index in [4.69, 9.17) is 5.73 Å². The van der Waals surface area contributed by atoms with Crippen molar-refractivity contribution in [1.82, 2.24) is 16.0 Å². The van der Waals surface area contributed by atoms with Gasteiger partial charge in [-0.25, -0.2) is 4.79 Å². The van der Waals surface area contributed by atoms with Crippen LogP contribution in [0.15, 0.2) is 0 Å². The molecular formula is C14H30N4O. The van der Waals surface area contributed by atoms with E-state index in [1.807, 2.05) is 20.8 Å². The normalized spacial score (nSPS) is 24.0. The summed E-state index contributed by atoms with van der Waals surface area (Å²) < 4.78 is 0. The van der Waals surface area contributed by atoms with Crippen LogP contribution in [0.1, 0.15) is 52.9 Å². The first-order valence-electron chi connectivity index (χ1n) is 7.44. The molecule has 0 radical (unpaired) electrons. The Hall–Kier alpha value is -0.810. The van der Waals surface area contributed by atoms with E-state index >= 15 is 0 Å². The highest BCUT2D eigenvalue weighted by molar-refractivity contribution is 5.75. The van der Waals surface area contributed by atoms with Crippen LogP contribution in [0.3, 0.4) is 0 Å². The Labute approximate surface area is 117 Å². The second-order valence-electron chi connectivity index (χ2n) is 6.44. The fraction of sp³-hybridized carbons (Fsp3) is 0.929. The van der Waals surface area contributed by atoms with Gasteiger partial charge in [-0.1, -0.05) is 12.8 Å². The van der Waals surface area contributed by atoms with Gasteiger partial charge in [-0.15, -0.1) is 0 Å². The minimum Gasteiger partial charge on any atom is -0.334 e. The van der Waals surface area contributed by atoms with Crippen LogP contribution in [0.25, 0.3) is 0 Å². The van der Waals surface area contributed by atoms with Crippen molar-refractivity contribution < 1.29 is 4.79 Å². The summed E-state index contributed by atoms with van der Waals surface area (Å²) in [5.41, 5.74) is 5.32. The Bertz CT molecular complexity index is 275. The Kier molecular flexibility index (Phi) is 6.58. The molecule has 5 heteroatoms. The van der Waals surface area contributed by atoms with Gasteiger partial charge >= 0.3 is 6.03 Å². The van der Waals surface area contributed by atoms with Crippen LogP contribution in [-0.2, 0) is 0 Å². The molecule has 0 saturated heterocycles. The van der Waals surface area contributed by atoms with E-state index in [9.17, 15) is 4.79 Å². The molecule has 0 bridgehead atoms. The number of nitrogens with two attached hydrogens (primary N) is 1. The summed E-state index contributed by atoms with van der Waals surface area (Å²) in [6.07, 6.45) is 5.59. The second-order valence-corrected chi connectivity index (χ2v) is 6.44. The first-order valence-corrected chi connectivity index (χ1v) is 7.44. The number of carbonyl (C=O) groups excluding carboxylic acids is 1. The minimum atomic E-state index is -0.193. The van der Waals surface area contributed by atoms with Crippen molar-refractivity contribution in [2.75, 3.05) is 13.1 Å². The van der Waals surface area contributed by atoms with E-state index in [0.717, 1.165) is 25.8 Å². The Morgan fingerprint density at radius 3 is 2.42 bits per heavy atom. The van der Waals surface area contributed by atoms with Gasteiger partial charge in [0.15, 0.2) is 0 Å². The van der Waals surface area contributed by atoms with E-state index in [1.54, 1.807) is 0 Å². The van der Waals surface area contributed by atoms with Crippen LogP contribution in [0, 0.1) is 0 Å². The molecule has 1 saturated carbocycles. The van der Waals surface area contributed by atoms with E-state index in [2.05, 4.69) is 16.0 Å². The Morgan fingerprint density at radius 1 is 1.21 bits per heavy atom. The van der Waals surface area contributed by atoms with Crippen molar-refractivity contribution in [1.29, 1.82) is 0 Å². The molecule has 2 amide bonds. The lowest BCUT2D eigenvalue weighted by molar-refractivity contribution is 0.215. The van der Waals surface area contributed by atoms with Crippen LogP contribution in [0.2, 0.25) is 0 Å². The fourth-order valence-electron chi connectivity index (χ4n) is 2.48. The van der Waals surface area contributed by atoms with Crippen molar-refractivity contribution in [3.63, 3.8) is 0 Å². The molecule has 2 atom stereocenters. The van der Waals surface area contributed by atoms with Gasteiger partial charge in [0.1, 0.15) is 0 Å². The van der Waals surface area contributed by atoms with Gasteiger partial charge in [0.25, 0.3) is 0 Å². The maximum Gasteiger partial charge on any atom is 0.315 e. The van der Waals surface area contributed by atoms with E-state index in [1.165, 1.54) is 12.8 Å². The van der Waals surface area contributed by atoms with Crippen molar-refractivity contribution >= 4 is 6.03 Å². The highest BCUT2D eigenvalue weighted by Gasteiger charge is 2.26. The van der Waals surface area contributed by atoms with E-state index in [-0.39, 0.29) is 17.6 Å². The van der Waals surface area contributed by atoms with Crippen molar-refractivity contribution in [3.8, 4) is 0 Å². The molecule has 112 valence electrons. The zero-order valence-electron chi connectivity index (χ0n) is 12.6. The third kappa shape index (κ3) is 6.78. The lowest BCUT2D eigenvalue weighted by Gasteiger charge is -2.34. The number of hydrogen-bond donors (Lipinski definition) is 4. The molecule has 0 spiro atoms. The van der Waals surface area contributed by atoms with Gasteiger partial charge in [0.2, 0.25) is 0 Å². The summed E-state index contributed by atoms with van der Waals surface area (Å²) in [6.45, 7) is 7.61. The molecule has 1 unspecified atom stereocenters. The first kappa shape index (κ1) is 16.2. The predicted molar refractivity (Wildman–Crippen MR) is 79.1 cm³/mol. The Morgan fingerprint density at radius 2 is 1.84 bits per heavy atom. The van der Waals surface area contributed by atoms with Crippen LogP contribution < -0.4 is 21.7 Å². The minimum absolute atomic E-state index is 0.0648. The third-order valence-electron chi connectivity index (χ3n) is 3.36. The molecule has 0 aromatic rings. The molecule has 0 aromatic carbocycles. The number of carbonyl (C=O) groups is 1. The standard InChI is InChI=1S/C14H30N4O/c1-14(2,3)18-13(19)17-12-8-5-4-7-11(12)16-10-6-9-15/h11-12,16H,4-10,15H2,1-3H3,(H2,17,18,19)/t11-,12?/m1/s1. The van der Waals surface area contributed by atoms with Crippen LogP contribution in [0.5, 0.6) is 0 Å². The van der Waals surface area contributed by atoms with Gasteiger partial charge in [-0.3, -0.25) is 0 Å². The number of urea groups is 1. The van der Waals surface area contributed by atoms with Gasteiger partial charge in [0, 0.05) is 17.6 Å². The molecule has 1 fully saturated rings. The van der Waals surface area contributed by atoms with E-state index < -0.39 is 0 Å². The van der Waals surface area contributed by atoms with Crippen molar-refractivity contribution in [3.05, 3.63) is 0 Å². The maximum atomic E-state index is 11.9. The van der Waals surface area contributed by atoms with Gasteiger partial charge < -0.3 is 21.7 Å². The molecular weight excluding hydrogens is 240 g/mol. The smallest absolute Gasteiger partial charge is 0.315 e. The summed E-state index contributed by atoms with van der Waals surface area (Å²) in [5.74, 6) is 0. The monoisotopic (exact) mass is 270 g/mol. The summed E-state index contributed by atoms with van der Waals surface area (Å²) in [6, 6.07) is 0.546. The van der Waals surface area contributed by atoms with Gasteiger partial charge in [-0.05, 0) is 53.1 Å². The fourth-order valence-corrected chi connectivity index (χ4v) is 2.48. The molecule has 5 nitrogen and oxygen atoms in total. The topological polar surface area (TPSA) is 79.2 Å². The lowest BCUT2D eigenvalue weighted by atomic mass is 9.90. The second kappa shape index (κ2) is 7.70. The zero-order valence-corrected chi connectivity index (χ0v) is 12.6. The van der Waals surface area contributed by atoms with Gasteiger partial charge in [0.05, 0.1) is 0 Å².